The monoisotopic (exact) mass is 276 g/mol. The van der Waals surface area contributed by atoms with Crippen molar-refractivity contribution >= 4 is 11.8 Å². The molecule has 0 saturated heterocycles. The summed E-state index contributed by atoms with van der Waals surface area (Å²) in [5.41, 5.74) is 0. The Hall–Kier alpha value is -1.32. The molecule has 1 aliphatic carbocycles. The van der Waals surface area contributed by atoms with Gasteiger partial charge in [0.05, 0.1) is 0 Å². The van der Waals surface area contributed by atoms with Gasteiger partial charge in [0, 0.05) is 19.3 Å². The van der Waals surface area contributed by atoms with Gasteiger partial charge in [-0.25, -0.2) is 4.98 Å². The van der Waals surface area contributed by atoms with Crippen molar-refractivity contribution in [2.45, 2.75) is 52.4 Å². The second kappa shape index (κ2) is 8.08. The summed E-state index contributed by atoms with van der Waals surface area (Å²) in [4.78, 5) is 8.69. The third-order valence-corrected chi connectivity index (χ3v) is 4.18. The van der Waals surface area contributed by atoms with E-state index in [1.165, 1.54) is 32.1 Å². The first kappa shape index (κ1) is 15.1. The molecule has 20 heavy (non-hydrogen) atoms. The fourth-order valence-electron chi connectivity index (χ4n) is 2.80. The Labute approximate surface area is 122 Å². The van der Waals surface area contributed by atoms with E-state index in [2.05, 4.69) is 34.4 Å². The largest absolute Gasteiger partial charge is 0.370 e. The van der Waals surface area contributed by atoms with Crippen molar-refractivity contribution in [3.8, 4) is 0 Å². The van der Waals surface area contributed by atoms with E-state index in [9.17, 15) is 0 Å². The zero-order valence-electron chi connectivity index (χ0n) is 12.9. The Kier molecular flexibility index (Phi) is 6.09. The smallest absolute Gasteiger partial charge is 0.224 e. The van der Waals surface area contributed by atoms with Crippen LogP contribution in [0.4, 0.5) is 11.8 Å². The fourth-order valence-corrected chi connectivity index (χ4v) is 2.80. The van der Waals surface area contributed by atoms with E-state index in [1.807, 2.05) is 12.3 Å². The molecule has 2 N–H and O–H groups in total. The van der Waals surface area contributed by atoms with E-state index in [0.29, 0.717) is 0 Å². The van der Waals surface area contributed by atoms with Gasteiger partial charge in [-0.05, 0) is 30.7 Å². The molecule has 0 unspecified atom stereocenters. The van der Waals surface area contributed by atoms with Crippen molar-refractivity contribution < 1.29 is 0 Å². The number of nitrogens with one attached hydrogen (secondary N) is 2. The fraction of sp³-hybridized carbons (Fsp3) is 0.750. The topological polar surface area (TPSA) is 49.8 Å². The Morgan fingerprint density at radius 2 is 1.95 bits per heavy atom. The van der Waals surface area contributed by atoms with Crippen LogP contribution in [0.3, 0.4) is 0 Å². The number of anilines is 2. The summed E-state index contributed by atoms with van der Waals surface area (Å²) in [6.07, 6.45) is 9.77. The molecule has 4 nitrogen and oxygen atoms in total. The molecule has 1 fully saturated rings. The van der Waals surface area contributed by atoms with Gasteiger partial charge < -0.3 is 10.6 Å². The molecule has 1 saturated carbocycles. The van der Waals surface area contributed by atoms with Crippen LogP contribution in [-0.2, 0) is 0 Å². The standard InChI is InChI=1S/C16H28N4/c1-3-10-18-16-19-12-9-15(20-16)17-11-8-14-6-4-13(2)5-7-14/h9,12-14H,3-8,10-11H2,1-2H3,(H2,17,18,19,20). The molecule has 1 aliphatic rings. The highest BCUT2D eigenvalue weighted by molar-refractivity contribution is 5.39. The van der Waals surface area contributed by atoms with E-state index in [4.69, 9.17) is 0 Å². The predicted octanol–water partition coefficient (Wildman–Crippen LogP) is 3.93. The van der Waals surface area contributed by atoms with Gasteiger partial charge >= 0.3 is 0 Å². The van der Waals surface area contributed by atoms with Gasteiger partial charge in [-0.1, -0.05) is 39.5 Å². The first-order valence-corrected chi connectivity index (χ1v) is 8.08. The molecule has 0 spiro atoms. The maximum atomic E-state index is 4.47. The SMILES string of the molecule is CCCNc1nccc(NCCC2CCC(C)CC2)n1. The number of rotatable bonds is 7. The highest BCUT2D eigenvalue weighted by Crippen LogP contribution is 2.30. The molecule has 0 bridgehead atoms. The van der Waals surface area contributed by atoms with Gasteiger partial charge in [0.15, 0.2) is 0 Å². The first-order chi connectivity index (χ1) is 9.78. The second-order valence-electron chi connectivity index (χ2n) is 6.03. The number of hydrogen-bond donors (Lipinski definition) is 2. The molecule has 0 atom stereocenters. The van der Waals surface area contributed by atoms with Crippen LogP contribution in [0.5, 0.6) is 0 Å². The summed E-state index contributed by atoms with van der Waals surface area (Å²) in [6.45, 7) is 6.45. The lowest BCUT2D eigenvalue weighted by molar-refractivity contribution is 0.282. The van der Waals surface area contributed by atoms with Crippen LogP contribution in [0.25, 0.3) is 0 Å². The zero-order chi connectivity index (χ0) is 14.2. The summed E-state index contributed by atoms with van der Waals surface area (Å²) in [5, 5.41) is 6.65. The lowest BCUT2D eigenvalue weighted by Crippen LogP contribution is -2.16. The minimum atomic E-state index is 0.725. The van der Waals surface area contributed by atoms with Gasteiger partial charge in [-0.3, -0.25) is 0 Å². The van der Waals surface area contributed by atoms with E-state index in [1.54, 1.807) is 0 Å². The quantitative estimate of drug-likeness (QED) is 0.792. The van der Waals surface area contributed by atoms with Crippen molar-refractivity contribution in [3.63, 3.8) is 0 Å². The number of aromatic nitrogens is 2. The van der Waals surface area contributed by atoms with Gasteiger partial charge in [-0.2, -0.15) is 4.98 Å². The van der Waals surface area contributed by atoms with Gasteiger partial charge in [0.1, 0.15) is 5.82 Å². The lowest BCUT2D eigenvalue weighted by Gasteiger charge is -2.26. The van der Waals surface area contributed by atoms with Gasteiger partial charge in [-0.15, -0.1) is 0 Å². The average Bonchev–Trinajstić information content (AvgIpc) is 2.48. The molecular weight excluding hydrogens is 248 g/mol. The van der Waals surface area contributed by atoms with Crippen LogP contribution in [0.1, 0.15) is 52.4 Å². The molecule has 2 rings (SSSR count). The molecule has 0 amide bonds. The minimum absolute atomic E-state index is 0.725. The van der Waals surface area contributed by atoms with Crippen LogP contribution in [0, 0.1) is 11.8 Å². The number of hydrogen-bond acceptors (Lipinski definition) is 4. The van der Waals surface area contributed by atoms with E-state index >= 15 is 0 Å². The highest BCUT2D eigenvalue weighted by atomic mass is 15.1. The summed E-state index contributed by atoms with van der Waals surface area (Å²) in [7, 11) is 0. The van der Waals surface area contributed by atoms with Crippen LogP contribution >= 0.6 is 0 Å². The van der Waals surface area contributed by atoms with Crippen LogP contribution in [-0.4, -0.2) is 23.1 Å². The third kappa shape index (κ3) is 4.99. The Balaban J connectivity index is 1.70. The van der Waals surface area contributed by atoms with Gasteiger partial charge in [0.2, 0.25) is 5.95 Å². The van der Waals surface area contributed by atoms with Crippen molar-refractivity contribution in [3.05, 3.63) is 12.3 Å². The van der Waals surface area contributed by atoms with E-state index in [0.717, 1.165) is 43.1 Å². The van der Waals surface area contributed by atoms with E-state index in [-0.39, 0.29) is 0 Å². The third-order valence-electron chi connectivity index (χ3n) is 4.18. The Bertz CT molecular complexity index is 386. The maximum absolute atomic E-state index is 4.47. The summed E-state index contributed by atoms with van der Waals surface area (Å²) < 4.78 is 0. The molecule has 0 aliphatic heterocycles. The molecule has 0 aromatic carbocycles. The predicted molar refractivity (Wildman–Crippen MR) is 85.0 cm³/mol. The number of nitrogens with zero attached hydrogens (tertiary/aromatic N) is 2. The van der Waals surface area contributed by atoms with Crippen LogP contribution in [0.2, 0.25) is 0 Å². The van der Waals surface area contributed by atoms with Crippen molar-refractivity contribution in [2.24, 2.45) is 11.8 Å². The molecule has 0 radical (unpaired) electrons. The van der Waals surface area contributed by atoms with E-state index < -0.39 is 0 Å². The minimum Gasteiger partial charge on any atom is -0.370 e. The van der Waals surface area contributed by atoms with Crippen molar-refractivity contribution in [2.75, 3.05) is 23.7 Å². The summed E-state index contributed by atoms with van der Waals surface area (Å²) in [6, 6.07) is 1.94. The normalized spacial score (nSPS) is 22.5. The molecule has 4 heteroatoms. The Morgan fingerprint density at radius 3 is 2.70 bits per heavy atom. The van der Waals surface area contributed by atoms with Crippen molar-refractivity contribution in [1.82, 2.24) is 9.97 Å². The second-order valence-corrected chi connectivity index (χ2v) is 6.03. The van der Waals surface area contributed by atoms with Gasteiger partial charge in [0.25, 0.3) is 0 Å². The molecule has 1 heterocycles. The van der Waals surface area contributed by atoms with Crippen LogP contribution in [0.15, 0.2) is 12.3 Å². The Morgan fingerprint density at radius 1 is 1.15 bits per heavy atom. The zero-order valence-corrected chi connectivity index (χ0v) is 12.9. The molecule has 1 aromatic heterocycles. The lowest BCUT2D eigenvalue weighted by atomic mass is 9.81. The maximum Gasteiger partial charge on any atom is 0.224 e. The van der Waals surface area contributed by atoms with Crippen molar-refractivity contribution in [1.29, 1.82) is 0 Å². The molecule has 1 aromatic rings. The summed E-state index contributed by atoms with van der Waals surface area (Å²) in [5.74, 6) is 3.50. The first-order valence-electron chi connectivity index (χ1n) is 8.08. The van der Waals surface area contributed by atoms with Crippen LogP contribution < -0.4 is 10.6 Å². The highest BCUT2D eigenvalue weighted by Gasteiger charge is 2.17. The molecular formula is C16H28N4. The average molecular weight is 276 g/mol. The summed E-state index contributed by atoms with van der Waals surface area (Å²) >= 11 is 0. The molecule has 112 valence electrons.